The summed E-state index contributed by atoms with van der Waals surface area (Å²) in [6.45, 7) is 9.75. The minimum Gasteiger partial charge on any atom is -0.492 e. The average Bonchev–Trinajstić information content (AvgIpc) is 2.69. The first-order valence-electron chi connectivity index (χ1n) is 10.9. The molecule has 0 fully saturated rings. The van der Waals surface area contributed by atoms with Gasteiger partial charge in [-0.05, 0) is 30.7 Å². The van der Waals surface area contributed by atoms with Gasteiger partial charge in [0.15, 0.2) is 0 Å². The van der Waals surface area contributed by atoms with Crippen molar-refractivity contribution >= 4 is 11.7 Å². The third kappa shape index (κ3) is 7.99. The van der Waals surface area contributed by atoms with Crippen LogP contribution in [0.3, 0.4) is 0 Å². The van der Waals surface area contributed by atoms with Crippen LogP contribution in [0, 0.1) is 11.8 Å². The van der Waals surface area contributed by atoms with Crippen LogP contribution in [0.2, 0.25) is 0 Å². The number of hydrogen-bond acceptors (Lipinski definition) is 4. The highest BCUT2D eigenvalue weighted by molar-refractivity contribution is 5.92. The number of benzene rings is 1. The van der Waals surface area contributed by atoms with Crippen LogP contribution >= 0.6 is 0 Å². The molecule has 3 N–H and O–H groups in total. The minimum absolute atomic E-state index is 0.0909. The minimum atomic E-state index is -1.04. The number of nitrogens with two attached hydrogens (primary N) is 1. The van der Waals surface area contributed by atoms with Crippen LogP contribution in [-0.2, 0) is 0 Å². The second-order valence-electron chi connectivity index (χ2n) is 7.65. The summed E-state index contributed by atoms with van der Waals surface area (Å²) in [5.41, 5.74) is 6.49. The SMILES string of the molecule is CCCCC(CC)COc1cc(OCC(CC)CCCC)c(C(=O)O)cc1N. The van der Waals surface area contributed by atoms with Crippen LogP contribution in [0.5, 0.6) is 11.5 Å². The van der Waals surface area contributed by atoms with E-state index in [0.717, 1.165) is 38.5 Å². The zero-order chi connectivity index (χ0) is 20.9. The molecule has 5 heteroatoms. The Hall–Kier alpha value is -1.91. The fourth-order valence-corrected chi connectivity index (χ4v) is 3.20. The molecule has 0 aliphatic heterocycles. The van der Waals surface area contributed by atoms with E-state index in [1.165, 1.54) is 18.9 Å². The second kappa shape index (κ2) is 13.3. The van der Waals surface area contributed by atoms with Crippen molar-refractivity contribution in [3.63, 3.8) is 0 Å². The highest BCUT2D eigenvalue weighted by Gasteiger charge is 2.18. The van der Waals surface area contributed by atoms with E-state index in [9.17, 15) is 9.90 Å². The molecule has 0 saturated carbocycles. The molecule has 1 aromatic rings. The normalized spacial score (nSPS) is 13.1. The van der Waals surface area contributed by atoms with Crippen LogP contribution < -0.4 is 15.2 Å². The average molecular weight is 394 g/mol. The maximum Gasteiger partial charge on any atom is 0.339 e. The number of carbonyl (C=O) groups is 1. The van der Waals surface area contributed by atoms with Gasteiger partial charge in [-0.15, -0.1) is 0 Å². The van der Waals surface area contributed by atoms with Crippen LogP contribution in [0.1, 0.15) is 89.4 Å². The zero-order valence-electron chi connectivity index (χ0n) is 18.1. The molecule has 0 saturated heterocycles. The van der Waals surface area contributed by atoms with Gasteiger partial charge in [0.25, 0.3) is 0 Å². The van der Waals surface area contributed by atoms with Gasteiger partial charge in [-0.1, -0.05) is 66.2 Å². The van der Waals surface area contributed by atoms with Gasteiger partial charge in [0.1, 0.15) is 17.1 Å². The van der Waals surface area contributed by atoms with Crippen molar-refractivity contribution < 1.29 is 19.4 Å². The van der Waals surface area contributed by atoms with E-state index in [1.807, 2.05) is 0 Å². The number of aromatic carboxylic acids is 1. The van der Waals surface area contributed by atoms with Crippen LogP contribution in [-0.4, -0.2) is 24.3 Å². The van der Waals surface area contributed by atoms with Crippen LogP contribution in [0.4, 0.5) is 5.69 Å². The monoisotopic (exact) mass is 393 g/mol. The lowest BCUT2D eigenvalue weighted by Crippen LogP contribution is -2.15. The van der Waals surface area contributed by atoms with Gasteiger partial charge in [-0.25, -0.2) is 4.79 Å². The summed E-state index contributed by atoms with van der Waals surface area (Å²) in [7, 11) is 0. The van der Waals surface area contributed by atoms with Crippen molar-refractivity contribution in [2.45, 2.75) is 79.1 Å². The molecule has 0 aliphatic rings. The maximum absolute atomic E-state index is 11.6. The fraction of sp³-hybridized carbons (Fsp3) is 0.696. The Balaban J connectivity index is 2.89. The lowest BCUT2D eigenvalue weighted by molar-refractivity contribution is 0.0691. The molecule has 0 aliphatic carbocycles. The third-order valence-corrected chi connectivity index (χ3v) is 5.38. The molecule has 1 rings (SSSR count). The summed E-state index contributed by atoms with van der Waals surface area (Å²) in [6, 6.07) is 3.10. The molecular formula is C23H39NO4. The largest absolute Gasteiger partial charge is 0.492 e. The van der Waals surface area contributed by atoms with Crippen molar-refractivity contribution in [1.82, 2.24) is 0 Å². The molecule has 1 aromatic carbocycles. The Morgan fingerprint density at radius 1 is 0.929 bits per heavy atom. The van der Waals surface area contributed by atoms with Gasteiger partial charge >= 0.3 is 5.97 Å². The molecule has 2 atom stereocenters. The quantitative estimate of drug-likeness (QED) is 0.349. The molecule has 0 spiro atoms. The van der Waals surface area contributed by atoms with E-state index in [4.69, 9.17) is 15.2 Å². The predicted octanol–water partition coefficient (Wildman–Crippen LogP) is 6.16. The van der Waals surface area contributed by atoms with Gasteiger partial charge in [0.05, 0.1) is 18.9 Å². The molecule has 28 heavy (non-hydrogen) atoms. The predicted molar refractivity (Wildman–Crippen MR) is 115 cm³/mol. The topological polar surface area (TPSA) is 81.8 Å². The Morgan fingerprint density at radius 3 is 1.86 bits per heavy atom. The van der Waals surface area contributed by atoms with E-state index >= 15 is 0 Å². The highest BCUT2D eigenvalue weighted by atomic mass is 16.5. The van der Waals surface area contributed by atoms with Gasteiger partial charge < -0.3 is 20.3 Å². The van der Waals surface area contributed by atoms with Crippen LogP contribution in [0.25, 0.3) is 0 Å². The van der Waals surface area contributed by atoms with Crippen molar-refractivity contribution in [3.05, 3.63) is 17.7 Å². The first-order chi connectivity index (χ1) is 13.5. The van der Waals surface area contributed by atoms with Crippen molar-refractivity contribution in [2.75, 3.05) is 18.9 Å². The molecule has 0 amide bonds. The lowest BCUT2D eigenvalue weighted by atomic mass is 10.0. The third-order valence-electron chi connectivity index (χ3n) is 5.38. The van der Waals surface area contributed by atoms with Crippen molar-refractivity contribution in [2.24, 2.45) is 11.8 Å². The molecule has 0 radical (unpaired) electrons. The van der Waals surface area contributed by atoms with E-state index < -0.39 is 5.97 Å². The number of ether oxygens (including phenoxy) is 2. The Morgan fingerprint density at radius 2 is 1.43 bits per heavy atom. The molecule has 0 heterocycles. The van der Waals surface area contributed by atoms with Gasteiger partial charge in [0, 0.05) is 6.07 Å². The first-order valence-corrected chi connectivity index (χ1v) is 10.9. The number of hydrogen-bond donors (Lipinski definition) is 2. The van der Waals surface area contributed by atoms with E-state index in [2.05, 4.69) is 27.7 Å². The molecule has 0 aromatic heterocycles. The molecule has 0 bridgehead atoms. The molecule has 5 nitrogen and oxygen atoms in total. The first kappa shape index (κ1) is 24.1. The van der Waals surface area contributed by atoms with E-state index in [0.29, 0.717) is 42.2 Å². The van der Waals surface area contributed by atoms with Gasteiger partial charge in [-0.3, -0.25) is 0 Å². The van der Waals surface area contributed by atoms with E-state index in [1.54, 1.807) is 6.07 Å². The summed E-state index contributed by atoms with van der Waals surface area (Å²) in [5.74, 6) is 0.706. The summed E-state index contributed by atoms with van der Waals surface area (Å²) in [4.78, 5) is 11.6. The molecule has 2 unspecified atom stereocenters. The maximum atomic E-state index is 11.6. The summed E-state index contributed by atoms with van der Waals surface area (Å²) in [6.07, 6.45) is 8.92. The van der Waals surface area contributed by atoms with Gasteiger partial charge in [0.2, 0.25) is 0 Å². The Bertz CT molecular complexity index is 588. The van der Waals surface area contributed by atoms with Crippen molar-refractivity contribution in [1.29, 1.82) is 0 Å². The second-order valence-corrected chi connectivity index (χ2v) is 7.65. The number of rotatable bonds is 15. The molecular weight excluding hydrogens is 354 g/mol. The number of unbranched alkanes of at least 4 members (excludes halogenated alkanes) is 2. The van der Waals surface area contributed by atoms with E-state index in [-0.39, 0.29) is 5.56 Å². The summed E-state index contributed by atoms with van der Waals surface area (Å²) in [5, 5.41) is 9.52. The summed E-state index contributed by atoms with van der Waals surface area (Å²) < 4.78 is 11.9. The number of carboxylic acids is 1. The lowest BCUT2D eigenvalue weighted by Gasteiger charge is -2.20. The summed E-state index contributed by atoms with van der Waals surface area (Å²) >= 11 is 0. The van der Waals surface area contributed by atoms with Gasteiger partial charge in [-0.2, -0.15) is 0 Å². The number of nitrogen functional groups attached to an aromatic ring is 1. The Labute approximate surface area is 170 Å². The number of anilines is 1. The fourth-order valence-electron chi connectivity index (χ4n) is 3.20. The Kier molecular flexibility index (Phi) is 11.5. The highest BCUT2D eigenvalue weighted by Crippen LogP contribution is 2.33. The van der Waals surface area contributed by atoms with Crippen molar-refractivity contribution in [3.8, 4) is 11.5 Å². The smallest absolute Gasteiger partial charge is 0.339 e. The molecule has 160 valence electrons. The standard InChI is InChI=1S/C23H39NO4/c1-5-9-11-17(7-3)15-27-21-14-22(20(24)13-19(21)23(25)26)28-16-18(8-4)12-10-6-2/h13-14,17-18H,5-12,15-16,24H2,1-4H3,(H,25,26). The van der Waals surface area contributed by atoms with Crippen LogP contribution in [0.15, 0.2) is 12.1 Å². The zero-order valence-corrected chi connectivity index (χ0v) is 18.1. The number of carboxylic acid groups (broad SMARTS) is 1.